The summed E-state index contributed by atoms with van der Waals surface area (Å²) < 4.78 is 5.73. The van der Waals surface area contributed by atoms with Gasteiger partial charge in [0.05, 0.1) is 6.10 Å². The largest absolute Gasteiger partial charge is 0.378 e. The van der Waals surface area contributed by atoms with E-state index >= 15 is 0 Å². The van der Waals surface area contributed by atoms with E-state index in [-0.39, 0.29) is 6.04 Å². The van der Waals surface area contributed by atoms with E-state index in [4.69, 9.17) is 10.5 Å². The van der Waals surface area contributed by atoms with Crippen molar-refractivity contribution >= 4 is 0 Å². The monoisotopic (exact) mass is 233 g/mol. The molecule has 0 bridgehead atoms. The molecule has 0 aliphatic carbocycles. The third-order valence-electron chi connectivity index (χ3n) is 3.58. The smallest absolute Gasteiger partial charge is 0.0575 e. The van der Waals surface area contributed by atoms with Crippen molar-refractivity contribution in [1.82, 2.24) is 0 Å². The lowest BCUT2D eigenvalue weighted by atomic mass is 9.97. The van der Waals surface area contributed by atoms with Gasteiger partial charge in [0.2, 0.25) is 0 Å². The van der Waals surface area contributed by atoms with Crippen molar-refractivity contribution in [3.05, 3.63) is 35.4 Å². The first-order valence-electron chi connectivity index (χ1n) is 6.69. The highest BCUT2D eigenvalue weighted by Crippen LogP contribution is 2.22. The Labute approximate surface area is 104 Å². The molecule has 2 unspecified atom stereocenters. The van der Waals surface area contributed by atoms with Crippen LogP contribution in [-0.4, -0.2) is 12.7 Å². The molecule has 17 heavy (non-hydrogen) atoms. The second-order valence-corrected chi connectivity index (χ2v) is 5.08. The lowest BCUT2D eigenvalue weighted by Gasteiger charge is -2.23. The van der Waals surface area contributed by atoms with Crippen LogP contribution in [0.15, 0.2) is 24.3 Å². The highest BCUT2D eigenvalue weighted by Gasteiger charge is 2.15. The molecule has 1 aliphatic heterocycles. The average Bonchev–Trinajstić information content (AvgIpc) is 2.38. The fourth-order valence-electron chi connectivity index (χ4n) is 2.38. The Bertz CT molecular complexity index is 327. The zero-order chi connectivity index (χ0) is 12.1. The van der Waals surface area contributed by atoms with Crippen LogP contribution >= 0.6 is 0 Å². The summed E-state index contributed by atoms with van der Waals surface area (Å²) in [5.74, 6) is 0. The SMILES string of the molecule is Cc1ccc(C(N)CCC2CCCCO2)cc1. The van der Waals surface area contributed by atoms with Gasteiger partial charge in [-0.1, -0.05) is 29.8 Å². The molecular weight excluding hydrogens is 210 g/mol. The number of aryl methyl sites for hydroxylation is 1. The van der Waals surface area contributed by atoms with E-state index < -0.39 is 0 Å². The van der Waals surface area contributed by atoms with Crippen LogP contribution in [0.3, 0.4) is 0 Å². The van der Waals surface area contributed by atoms with Gasteiger partial charge in [-0.3, -0.25) is 0 Å². The second-order valence-electron chi connectivity index (χ2n) is 5.08. The van der Waals surface area contributed by atoms with Gasteiger partial charge in [0.15, 0.2) is 0 Å². The first-order valence-corrected chi connectivity index (χ1v) is 6.69. The zero-order valence-corrected chi connectivity index (χ0v) is 10.7. The van der Waals surface area contributed by atoms with Crippen molar-refractivity contribution < 1.29 is 4.74 Å². The lowest BCUT2D eigenvalue weighted by molar-refractivity contribution is 0.00912. The Balaban J connectivity index is 1.80. The molecule has 2 N–H and O–H groups in total. The van der Waals surface area contributed by atoms with Crippen LogP contribution in [0.2, 0.25) is 0 Å². The van der Waals surface area contributed by atoms with Gasteiger partial charge in [0.1, 0.15) is 0 Å². The number of rotatable bonds is 4. The minimum absolute atomic E-state index is 0.154. The van der Waals surface area contributed by atoms with E-state index in [1.807, 2.05) is 0 Å². The number of nitrogens with two attached hydrogens (primary N) is 1. The maximum absolute atomic E-state index is 6.21. The minimum atomic E-state index is 0.154. The molecule has 2 atom stereocenters. The molecule has 0 aromatic heterocycles. The van der Waals surface area contributed by atoms with Gasteiger partial charge < -0.3 is 10.5 Å². The van der Waals surface area contributed by atoms with Gasteiger partial charge in [-0.2, -0.15) is 0 Å². The van der Waals surface area contributed by atoms with E-state index in [2.05, 4.69) is 31.2 Å². The van der Waals surface area contributed by atoms with Gasteiger partial charge >= 0.3 is 0 Å². The van der Waals surface area contributed by atoms with Crippen LogP contribution in [0.25, 0.3) is 0 Å². The van der Waals surface area contributed by atoms with E-state index in [1.54, 1.807) is 0 Å². The van der Waals surface area contributed by atoms with Gasteiger partial charge in [-0.05, 0) is 44.6 Å². The Hall–Kier alpha value is -0.860. The number of benzene rings is 1. The average molecular weight is 233 g/mol. The number of hydrogen-bond donors (Lipinski definition) is 1. The van der Waals surface area contributed by atoms with Gasteiger partial charge in [0.25, 0.3) is 0 Å². The Kier molecular flexibility index (Phi) is 4.57. The fraction of sp³-hybridized carbons (Fsp3) is 0.600. The summed E-state index contributed by atoms with van der Waals surface area (Å²) in [5.41, 5.74) is 8.74. The molecule has 0 saturated carbocycles. The molecule has 0 spiro atoms. The normalized spacial score (nSPS) is 22.4. The molecule has 94 valence electrons. The summed E-state index contributed by atoms with van der Waals surface area (Å²) in [6.45, 7) is 3.04. The summed E-state index contributed by atoms with van der Waals surface area (Å²) in [5, 5.41) is 0. The predicted molar refractivity (Wildman–Crippen MR) is 70.9 cm³/mol. The van der Waals surface area contributed by atoms with Gasteiger partial charge in [-0.25, -0.2) is 0 Å². The van der Waals surface area contributed by atoms with Crippen molar-refractivity contribution in [2.24, 2.45) is 5.73 Å². The van der Waals surface area contributed by atoms with Crippen LogP contribution in [0.4, 0.5) is 0 Å². The summed E-state index contributed by atoms with van der Waals surface area (Å²) >= 11 is 0. The summed E-state index contributed by atoms with van der Waals surface area (Å²) in [7, 11) is 0. The molecule has 0 amide bonds. The number of hydrogen-bond acceptors (Lipinski definition) is 2. The molecule has 1 saturated heterocycles. The van der Waals surface area contributed by atoms with Crippen molar-refractivity contribution in [1.29, 1.82) is 0 Å². The molecule has 1 aromatic carbocycles. The maximum atomic E-state index is 6.21. The van der Waals surface area contributed by atoms with Crippen LogP contribution in [0.1, 0.15) is 49.3 Å². The summed E-state index contributed by atoms with van der Waals surface area (Å²) in [6.07, 6.45) is 6.30. The predicted octanol–water partition coefficient (Wildman–Crippen LogP) is 3.34. The Morgan fingerprint density at radius 1 is 1.29 bits per heavy atom. The van der Waals surface area contributed by atoms with Crippen molar-refractivity contribution in [3.8, 4) is 0 Å². The minimum Gasteiger partial charge on any atom is -0.378 e. The molecule has 0 radical (unpaired) electrons. The van der Waals surface area contributed by atoms with Crippen molar-refractivity contribution in [3.63, 3.8) is 0 Å². The molecule has 1 aliphatic rings. The first-order chi connectivity index (χ1) is 8.25. The Morgan fingerprint density at radius 3 is 2.71 bits per heavy atom. The van der Waals surface area contributed by atoms with E-state index in [9.17, 15) is 0 Å². The molecule has 2 heteroatoms. The standard InChI is InChI=1S/C15H23NO/c1-12-5-7-13(8-6-12)15(16)10-9-14-4-2-3-11-17-14/h5-8,14-15H,2-4,9-11,16H2,1H3. The quantitative estimate of drug-likeness (QED) is 0.865. The molecule has 1 fully saturated rings. The fourth-order valence-corrected chi connectivity index (χ4v) is 2.38. The summed E-state index contributed by atoms with van der Waals surface area (Å²) in [6, 6.07) is 8.70. The third kappa shape index (κ3) is 3.83. The van der Waals surface area contributed by atoms with Crippen LogP contribution in [0, 0.1) is 6.92 Å². The van der Waals surface area contributed by atoms with Crippen LogP contribution in [0.5, 0.6) is 0 Å². The molecular formula is C15H23NO. The summed E-state index contributed by atoms with van der Waals surface area (Å²) in [4.78, 5) is 0. The van der Waals surface area contributed by atoms with Gasteiger partial charge in [-0.15, -0.1) is 0 Å². The van der Waals surface area contributed by atoms with Gasteiger partial charge in [0, 0.05) is 12.6 Å². The van der Waals surface area contributed by atoms with Crippen molar-refractivity contribution in [2.75, 3.05) is 6.61 Å². The van der Waals surface area contributed by atoms with Crippen molar-refractivity contribution in [2.45, 2.75) is 51.2 Å². The molecule has 2 rings (SSSR count). The molecule has 2 nitrogen and oxygen atoms in total. The van der Waals surface area contributed by atoms with E-state index in [0.717, 1.165) is 19.4 Å². The Morgan fingerprint density at radius 2 is 2.06 bits per heavy atom. The third-order valence-corrected chi connectivity index (χ3v) is 3.58. The van der Waals surface area contributed by atoms with Crippen LogP contribution in [-0.2, 0) is 4.74 Å². The van der Waals surface area contributed by atoms with E-state index in [1.165, 1.54) is 30.4 Å². The van der Waals surface area contributed by atoms with Crippen LogP contribution < -0.4 is 5.73 Å². The molecule has 1 aromatic rings. The first kappa shape index (κ1) is 12.6. The topological polar surface area (TPSA) is 35.2 Å². The maximum Gasteiger partial charge on any atom is 0.0575 e. The molecule has 1 heterocycles. The van der Waals surface area contributed by atoms with E-state index in [0.29, 0.717) is 6.10 Å². The zero-order valence-electron chi connectivity index (χ0n) is 10.7. The highest BCUT2D eigenvalue weighted by molar-refractivity contribution is 5.23. The number of ether oxygens (including phenoxy) is 1. The highest BCUT2D eigenvalue weighted by atomic mass is 16.5. The lowest BCUT2D eigenvalue weighted by Crippen LogP contribution is -2.21. The second kappa shape index (κ2) is 6.18.